The van der Waals surface area contributed by atoms with E-state index in [0.717, 1.165) is 11.3 Å². The Kier molecular flexibility index (Phi) is 3.65. The molecule has 0 fully saturated rings. The molecule has 4 nitrogen and oxygen atoms in total. The van der Waals surface area contributed by atoms with E-state index in [0.29, 0.717) is 18.9 Å². The Morgan fingerprint density at radius 2 is 2.28 bits per heavy atom. The quantitative estimate of drug-likeness (QED) is 0.895. The van der Waals surface area contributed by atoms with E-state index in [2.05, 4.69) is 24.1 Å². The van der Waals surface area contributed by atoms with Crippen molar-refractivity contribution in [2.24, 2.45) is 5.92 Å². The van der Waals surface area contributed by atoms with Gasteiger partial charge in [-0.15, -0.1) is 0 Å². The smallest absolute Gasteiger partial charge is 0.226 e. The summed E-state index contributed by atoms with van der Waals surface area (Å²) in [5.74, 6) is 0.501. The number of carbonyl (C=O) groups excluding carboxylic acids is 1. The molecule has 0 aliphatic rings. The van der Waals surface area contributed by atoms with Crippen molar-refractivity contribution in [3.8, 4) is 0 Å². The second kappa shape index (κ2) is 5.21. The average Bonchev–Trinajstić information content (AvgIpc) is 2.67. The molecule has 0 bridgehead atoms. The molecular weight excluding hydrogens is 226 g/mol. The maximum absolute atomic E-state index is 11.7. The van der Waals surface area contributed by atoms with Gasteiger partial charge >= 0.3 is 0 Å². The van der Waals surface area contributed by atoms with Gasteiger partial charge < -0.3 is 9.72 Å². The Morgan fingerprint density at radius 1 is 1.50 bits per heavy atom. The highest BCUT2D eigenvalue weighted by atomic mass is 16.1. The first kappa shape index (κ1) is 12.6. The van der Waals surface area contributed by atoms with Crippen LogP contribution in [0.1, 0.15) is 25.1 Å². The lowest BCUT2D eigenvalue weighted by molar-refractivity contribution is -0.120. The van der Waals surface area contributed by atoms with Crippen LogP contribution in [0.3, 0.4) is 0 Å². The summed E-state index contributed by atoms with van der Waals surface area (Å²) < 4.78 is 1.94. The third-order valence-corrected chi connectivity index (χ3v) is 2.71. The SMILES string of the molecule is Cc1ccn2cc(CC(=O)NCC(C)C)nc2c1. The minimum Gasteiger partial charge on any atom is -0.356 e. The fourth-order valence-corrected chi connectivity index (χ4v) is 1.77. The molecule has 0 radical (unpaired) electrons. The molecule has 0 saturated carbocycles. The highest BCUT2D eigenvalue weighted by Crippen LogP contribution is 2.08. The molecule has 0 saturated heterocycles. The van der Waals surface area contributed by atoms with Crippen LogP contribution in [-0.4, -0.2) is 21.8 Å². The van der Waals surface area contributed by atoms with Gasteiger partial charge in [0.25, 0.3) is 0 Å². The van der Waals surface area contributed by atoms with Gasteiger partial charge in [-0.25, -0.2) is 4.98 Å². The molecule has 96 valence electrons. The van der Waals surface area contributed by atoms with Crippen LogP contribution >= 0.6 is 0 Å². The third kappa shape index (κ3) is 3.09. The molecule has 1 amide bonds. The maximum Gasteiger partial charge on any atom is 0.226 e. The molecule has 0 aliphatic carbocycles. The number of hydrogen-bond donors (Lipinski definition) is 1. The monoisotopic (exact) mass is 245 g/mol. The Balaban J connectivity index is 2.05. The number of nitrogens with zero attached hydrogens (tertiary/aromatic N) is 2. The number of fused-ring (bicyclic) bond motifs is 1. The number of aromatic nitrogens is 2. The Hall–Kier alpha value is -1.84. The van der Waals surface area contributed by atoms with Gasteiger partial charge in [0.1, 0.15) is 5.65 Å². The van der Waals surface area contributed by atoms with Crippen LogP contribution in [0.15, 0.2) is 24.5 Å². The van der Waals surface area contributed by atoms with Crippen LogP contribution in [0, 0.1) is 12.8 Å². The number of aryl methyl sites for hydroxylation is 1. The number of hydrogen-bond acceptors (Lipinski definition) is 2. The Bertz CT molecular complexity index is 557. The minimum absolute atomic E-state index is 0.0313. The second-order valence-electron chi connectivity index (χ2n) is 5.08. The third-order valence-electron chi connectivity index (χ3n) is 2.71. The van der Waals surface area contributed by atoms with Gasteiger partial charge in [-0.2, -0.15) is 0 Å². The van der Waals surface area contributed by atoms with E-state index in [1.165, 1.54) is 5.56 Å². The number of imidazole rings is 1. The van der Waals surface area contributed by atoms with Gasteiger partial charge in [0.15, 0.2) is 0 Å². The summed E-state index contributed by atoms with van der Waals surface area (Å²) in [6.45, 7) is 6.90. The average molecular weight is 245 g/mol. The van der Waals surface area contributed by atoms with Gasteiger partial charge in [-0.05, 0) is 30.5 Å². The molecule has 4 heteroatoms. The first-order chi connectivity index (χ1) is 8.54. The molecule has 1 N–H and O–H groups in total. The molecule has 0 unspecified atom stereocenters. The molecule has 0 aromatic carbocycles. The summed E-state index contributed by atoms with van der Waals surface area (Å²) in [6, 6.07) is 4.03. The van der Waals surface area contributed by atoms with Gasteiger partial charge in [0, 0.05) is 18.9 Å². The standard InChI is InChI=1S/C14H19N3O/c1-10(2)8-15-14(18)7-12-9-17-5-4-11(3)6-13(17)16-12/h4-6,9-10H,7-8H2,1-3H3,(H,15,18). The van der Waals surface area contributed by atoms with Crippen LogP contribution in [0.5, 0.6) is 0 Å². The highest BCUT2D eigenvalue weighted by Gasteiger charge is 2.07. The van der Waals surface area contributed by atoms with E-state index >= 15 is 0 Å². The summed E-state index contributed by atoms with van der Waals surface area (Å²) in [6.07, 6.45) is 4.21. The summed E-state index contributed by atoms with van der Waals surface area (Å²) >= 11 is 0. The van der Waals surface area contributed by atoms with Gasteiger partial charge in [0.05, 0.1) is 12.1 Å². The Labute approximate surface area is 107 Å². The second-order valence-corrected chi connectivity index (χ2v) is 5.08. The van der Waals surface area contributed by atoms with E-state index in [9.17, 15) is 4.79 Å². The van der Waals surface area contributed by atoms with Crippen molar-refractivity contribution in [2.75, 3.05) is 6.54 Å². The molecule has 2 heterocycles. The van der Waals surface area contributed by atoms with Crippen LogP contribution in [0.25, 0.3) is 5.65 Å². The molecule has 0 atom stereocenters. The molecule has 2 aromatic heterocycles. The van der Waals surface area contributed by atoms with Crippen molar-refractivity contribution in [2.45, 2.75) is 27.2 Å². The maximum atomic E-state index is 11.7. The van der Waals surface area contributed by atoms with Crippen LogP contribution in [0.2, 0.25) is 0 Å². The first-order valence-electron chi connectivity index (χ1n) is 6.25. The van der Waals surface area contributed by atoms with Crippen LogP contribution in [-0.2, 0) is 11.2 Å². The van der Waals surface area contributed by atoms with Crippen molar-refractivity contribution < 1.29 is 4.79 Å². The largest absolute Gasteiger partial charge is 0.356 e. The fraction of sp³-hybridized carbons (Fsp3) is 0.429. The fourth-order valence-electron chi connectivity index (χ4n) is 1.77. The molecular formula is C14H19N3O. The van der Waals surface area contributed by atoms with Crippen molar-refractivity contribution >= 4 is 11.6 Å². The van der Waals surface area contributed by atoms with Crippen molar-refractivity contribution in [1.29, 1.82) is 0 Å². The topological polar surface area (TPSA) is 46.4 Å². The molecule has 18 heavy (non-hydrogen) atoms. The number of nitrogens with one attached hydrogen (secondary N) is 1. The van der Waals surface area contributed by atoms with E-state index in [4.69, 9.17) is 0 Å². The van der Waals surface area contributed by atoms with E-state index in [1.807, 2.05) is 35.9 Å². The summed E-state index contributed by atoms with van der Waals surface area (Å²) in [5.41, 5.74) is 2.87. The van der Waals surface area contributed by atoms with Crippen LogP contribution in [0.4, 0.5) is 0 Å². The van der Waals surface area contributed by atoms with Crippen molar-refractivity contribution in [1.82, 2.24) is 14.7 Å². The zero-order valence-electron chi connectivity index (χ0n) is 11.1. The lowest BCUT2D eigenvalue weighted by Gasteiger charge is -2.05. The molecule has 0 spiro atoms. The van der Waals surface area contributed by atoms with Gasteiger partial charge in [-0.1, -0.05) is 13.8 Å². The predicted octanol–water partition coefficient (Wildman–Crippen LogP) is 1.96. The zero-order chi connectivity index (χ0) is 13.1. The minimum atomic E-state index is 0.0313. The molecule has 2 rings (SSSR count). The van der Waals surface area contributed by atoms with E-state index in [1.54, 1.807) is 0 Å². The van der Waals surface area contributed by atoms with E-state index < -0.39 is 0 Å². The van der Waals surface area contributed by atoms with Gasteiger partial charge in [-0.3, -0.25) is 4.79 Å². The van der Waals surface area contributed by atoms with Gasteiger partial charge in [0.2, 0.25) is 5.91 Å². The lowest BCUT2D eigenvalue weighted by atomic mass is 10.2. The van der Waals surface area contributed by atoms with Crippen LogP contribution < -0.4 is 5.32 Å². The lowest BCUT2D eigenvalue weighted by Crippen LogP contribution is -2.28. The zero-order valence-corrected chi connectivity index (χ0v) is 11.1. The summed E-state index contributed by atoms with van der Waals surface area (Å²) in [7, 11) is 0. The number of carbonyl (C=O) groups is 1. The predicted molar refractivity (Wildman–Crippen MR) is 71.5 cm³/mol. The number of amides is 1. The summed E-state index contributed by atoms with van der Waals surface area (Å²) in [5, 5.41) is 2.90. The normalized spacial score (nSPS) is 11.1. The van der Waals surface area contributed by atoms with Crippen molar-refractivity contribution in [3.05, 3.63) is 35.8 Å². The molecule has 2 aromatic rings. The summed E-state index contributed by atoms with van der Waals surface area (Å²) in [4.78, 5) is 16.1. The number of pyridine rings is 1. The van der Waals surface area contributed by atoms with E-state index in [-0.39, 0.29) is 5.91 Å². The molecule has 0 aliphatic heterocycles. The first-order valence-corrected chi connectivity index (χ1v) is 6.25. The Morgan fingerprint density at radius 3 is 3.00 bits per heavy atom. The van der Waals surface area contributed by atoms with Crippen molar-refractivity contribution in [3.63, 3.8) is 0 Å². The number of rotatable bonds is 4. The highest BCUT2D eigenvalue weighted by molar-refractivity contribution is 5.78.